The average molecular weight is 375 g/mol. The molecule has 8 nitrogen and oxygen atoms in total. The number of primary amides is 1. The lowest BCUT2D eigenvalue weighted by atomic mass is 10.2. The summed E-state index contributed by atoms with van der Waals surface area (Å²) in [5.74, 6) is 1.38. The monoisotopic (exact) mass is 375 g/mol. The molecule has 0 bridgehead atoms. The van der Waals surface area contributed by atoms with Crippen LogP contribution < -0.4 is 16.4 Å². The summed E-state index contributed by atoms with van der Waals surface area (Å²) in [4.78, 5) is 28.5. The maximum Gasteiger partial charge on any atom is 0.229 e. The van der Waals surface area contributed by atoms with Crippen molar-refractivity contribution in [3.8, 4) is 11.3 Å². The molecule has 0 unspecified atom stereocenters. The summed E-state index contributed by atoms with van der Waals surface area (Å²) in [6.07, 6.45) is 9.61. The highest BCUT2D eigenvalue weighted by molar-refractivity contribution is 5.74. The summed E-state index contributed by atoms with van der Waals surface area (Å²) in [6, 6.07) is 7.70. The van der Waals surface area contributed by atoms with E-state index in [1.165, 1.54) is 0 Å². The molecule has 1 amide bonds. The highest BCUT2D eigenvalue weighted by atomic mass is 16.1. The number of carbonyl (C=O) groups is 1. The van der Waals surface area contributed by atoms with Gasteiger partial charge in [0.2, 0.25) is 11.9 Å². The standard InChI is InChI=1S/C20H21N7O/c21-18(28)7-10-23-19-16(13-1-2-13)12-25-20(27-19)26-15-3-4-17(24-11-15)14-5-8-22-9-6-14/h3-6,8-9,11-13H,1-2,7,10H2,(H2,21,28)(H2,23,25,26,27). The van der Waals surface area contributed by atoms with Gasteiger partial charge in [0.15, 0.2) is 0 Å². The fourth-order valence-electron chi connectivity index (χ4n) is 2.88. The first kappa shape index (κ1) is 17.8. The fraction of sp³-hybridized carbons (Fsp3) is 0.250. The predicted molar refractivity (Wildman–Crippen MR) is 107 cm³/mol. The molecule has 28 heavy (non-hydrogen) atoms. The highest BCUT2D eigenvalue weighted by Gasteiger charge is 2.27. The Bertz CT molecular complexity index is 956. The summed E-state index contributed by atoms with van der Waals surface area (Å²) in [5, 5.41) is 6.39. The molecule has 3 aromatic rings. The van der Waals surface area contributed by atoms with E-state index in [1.807, 2.05) is 30.5 Å². The van der Waals surface area contributed by atoms with E-state index in [1.54, 1.807) is 18.6 Å². The number of anilines is 3. The normalized spacial score (nSPS) is 13.1. The number of nitrogens with two attached hydrogens (primary N) is 1. The van der Waals surface area contributed by atoms with Crippen LogP contribution in [-0.4, -0.2) is 32.4 Å². The minimum absolute atomic E-state index is 0.261. The molecular weight excluding hydrogens is 354 g/mol. The Morgan fingerprint density at radius 1 is 1.11 bits per heavy atom. The minimum Gasteiger partial charge on any atom is -0.370 e. The zero-order valence-corrected chi connectivity index (χ0v) is 15.3. The molecule has 1 saturated carbocycles. The molecule has 4 rings (SSSR count). The first-order valence-electron chi connectivity index (χ1n) is 9.21. The van der Waals surface area contributed by atoms with Crippen LogP contribution in [0.4, 0.5) is 17.5 Å². The van der Waals surface area contributed by atoms with Crippen molar-refractivity contribution in [1.82, 2.24) is 19.9 Å². The van der Waals surface area contributed by atoms with E-state index in [0.717, 1.165) is 41.2 Å². The lowest BCUT2D eigenvalue weighted by Crippen LogP contribution is -2.17. The van der Waals surface area contributed by atoms with Gasteiger partial charge in [-0.15, -0.1) is 0 Å². The van der Waals surface area contributed by atoms with Gasteiger partial charge < -0.3 is 16.4 Å². The third-order valence-electron chi connectivity index (χ3n) is 4.49. The molecule has 0 saturated heterocycles. The second-order valence-electron chi connectivity index (χ2n) is 6.71. The molecular formula is C20H21N7O. The lowest BCUT2D eigenvalue weighted by Gasteiger charge is -2.12. The van der Waals surface area contributed by atoms with Gasteiger partial charge in [-0.2, -0.15) is 4.98 Å². The van der Waals surface area contributed by atoms with E-state index in [0.29, 0.717) is 18.4 Å². The molecule has 0 spiro atoms. The number of rotatable bonds is 8. The Hall–Kier alpha value is -3.55. The van der Waals surface area contributed by atoms with Crippen molar-refractivity contribution in [2.75, 3.05) is 17.2 Å². The number of nitrogens with zero attached hydrogens (tertiary/aromatic N) is 4. The van der Waals surface area contributed by atoms with Gasteiger partial charge in [0.05, 0.1) is 17.6 Å². The molecule has 0 aliphatic heterocycles. The second-order valence-corrected chi connectivity index (χ2v) is 6.71. The molecule has 1 fully saturated rings. The van der Waals surface area contributed by atoms with Gasteiger partial charge in [0.25, 0.3) is 0 Å². The molecule has 3 heterocycles. The van der Waals surface area contributed by atoms with Gasteiger partial charge in [-0.1, -0.05) is 0 Å². The number of nitrogens with one attached hydrogen (secondary N) is 2. The molecule has 1 aliphatic rings. The Labute approximate surface area is 162 Å². The van der Waals surface area contributed by atoms with E-state index in [9.17, 15) is 4.79 Å². The summed E-state index contributed by atoms with van der Waals surface area (Å²) in [5.41, 5.74) is 8.97. The Balaban J connectivity index is 1.48. The van der Waals surface area contributed by atoms with Crippen LogP contribution in [0.25, 0.3) is 11.3 Å². The van der Waals surface area contributed by atoms with Crippen LogP contribution in [0.2, 0.25) is 0 Å². The van der Waals surface area contributed by atoms with Crippen LogP contribution in [0.15, 0.2) is 49.1 Å². The molecule has 142 valence electrons. The largest absolute Gasteiger partial charge is 0.370 e. The van der Waals surface area contributed by atoms with E-state index in [4.69, 9.17) is 5.73 Å². The molecule has 8 heteroatoms. The van der Waals surface area contributed by atoms with E-state index in [2.05, 4.69) is 30.6 Å². The number of aromatic nitrogens is 4. The number of hydrogen-bond acceptors (Lipinski definition) is 7. The average Bonchev–Trinajstić information content (AvgIpc) is 3.54. The van der Waals surface area contributed by atoms with Gasteiger partial charge in [0, 0.05) is 42.7 Å². The topological polar surface area (TPSA) is 119 Å². The maximum absolute atomic E-state index is 11.0. The molecule has 0 aromatic carbocycles. The van der Waals surface area contributed by atoms with E-state index < -0.39 is 0 Å². The smallest absolute Gasteiger partial charge is 0.229 e. The van der Waals surface area contributed by atoms with Crippen molar-refractivity contribution in [2.24, 2.45) is 5.73 Å². The molecule has 3 aromatic heterocycles. The fourth-order valence-corrected chi connectivity index (χ4v) is 2.88. The summed E-state index contributed by atoms with van der Waals surface area (Å²) < 4.78 is 0. The first-order valence-corrected chi connectivity index (χ1v) is 9.21. The van der Waals surface area contributed by atoms with Crippen LogP contribution in [0.1, 0.15) is 30.7 Å². The number of carbonyl (C=O) groups excluding carboxylic acids is 1. The quantitative estimate of drug-likeness (QED) is 0.554. The SMILES string of the molecule is NC(=O)CCNc1nc(Nc2ccc(-c3ccncc3)nc2)ncc1C1CC1. The van der Waals surface area contributed by atoms with Crippen LogP contribution in [0, 0.1) is 0 Å². The van der Waals surface area contributed by atoms with E-state index in [-0.39, 0.29) is 12.3 Å². The zero-order valence-electron chi connectivity index (χ0n) is 15.3. The summed E-state index contributed by atoms with van der Waals surface area (Å²) in [7, 11) is 0. The van der Waals surface area contributed by atoms with Crippen LogP contribution >= 0.6 is 0 Å². The number of amides is 1. The van der Waals surface area contributed by atoms with Crippen LogP contribution in [0.3, 0.4) is 0 Å². The predicted octanol–water partition coefficient (Wildman–Crippen LogP) is 2.84. The van der Waals surface area contributed by atoms with Crippen LogP contribution in [0.5, 0.6) is 0 Å². The van der Waals surface area contributed by atoms with Crippen molar-refractivity contribution < 1.29 is 4.79 Å². The van der Waals surface area contributed by atoms with Crippen molar-refractivity contribution in [3.05, 3.63) is 54.6 Å². The second kappa shape index (κ2) is 7.99. The summed E-state index contributed by atoms with van der Waals surface area (Å²) in [6.45, 7) is 0.452. The number of hydrogen-bond donors (Lipinski definition) is 3. The van der Waals surface area contributed by atoms with Crippen molar-refractivity contribution in [1.29, 1.82) is 0 Å². The lowest BCUT2D eigenvalue weighted by molar-refractivity contribution is -0.117. The minimum atomic E-state index is -0.340. The first-order chi connectivity index (χ1) is 13.7. The molecule has 0 atom stereocenters. The van der Waals surface area contributed by atoms with Gasteiger partial charge >= 0.3 is 0 Å². The summed E-state index contributed by atoms with van der Waals surface area (Å²) >= 11 is 0. The Morgan fingerprint density at radius 2 is 1.93 bits per heavy atom. The molecule has 4 N–H and O–H groups in total. The van der Waals surface area contributed by atoms with Gasteiger partial charge in [-0.25, -0.2) is 4.98 Å². The zero-order chi connectivity index (χ0) is 19.3. The van der Waals surface area contributed by atoms with Gasteiger partial charge in [-0.3, -0.25) is 14.8 Å². The van der Waals surface area contributed by atoms with Crippen molar-refractivity contribution >= 4 is 23.4 Å². The van der Waals surface area contributed by atoms with Crippen molar-refractivity contribution in [3.63, 3.8) is 0 Å². The van der Waals surface area contributed by atoms with Gasteiger partial charge in [0.1, 0.15) is 5.82 Å². The van der Waals surface area contributed by atoms with E-state index >= 15 is 0 Å². The third-order valence-corrected chi connectivity index (χ3v) is 4.49. The molecule has 1 aliphatic carbocycles. The number of pyridine rings is 2. The van der Waals surface area contributed by atoms with Crippen molar-refractivity contribution in [2.45, 2.75) is 25.2 Å². The third kappa shape index (κ3) is 4.40. The van der Waals surface area contributed by atoms with Crippen LogP contribution in [-0.2, 0) is 4.79 Å². The Morgan fingerprint density at radius 3 is 2.61 bits per heavy atom. The Kier molecular flexibility index (Phi) is 5.09. The van der Waals surface area contributed by atoms with Gasteiger partial charge in [-0.05, 0) is 43.0 Å². The molecule has 0 radical (unpaired) electrons. The highest BCUT2D eigenvalue weighted by Crippen LogP contribution is 2.42. The maximum atomic E-state index is 11.0.